The highest BCUT2D eigenvalue weighted by Gasteiger charge is 2.30. The number of hydrogen-bond donors (Lipinski definition) is 1. The van der Waals surface area contributed by atoms with Crippen LogP contribution >= 0.6 is 0 Å². The average Bonchev–Trinajstić information content (AvgIpc) is 2.88. The van der Waals surface area contributed by atoms with Gasteiger partial charge in [0.25, 0.3) is 0 Å². The van der Waals surface area contributed by atoms with Gasteiger partial charge in [-0.2, -0.15) is 0 Å². The summed E-state index contributed by atoms with van der Waals surface area (Å²) in [6.45, 7) is 7.44. The summed E-state index contributed by atoms with van der Waals surface area (Å²) >= 11 is 0. The molecule has 0 radical (unpaired) electrons. The minimum Gasteiger partial charge on any atom is -0.377 e. The Morgan fingerprint density at radius 2 is 1.92 bits per heavy atom. The highest BCUT2D eigenvalue weighted by molar-refractivity contribution is 4.85. The summed E-state index contributed by atoms with van der Waals surface area (Å²) < 4.78 is 5.80. The van der Waals surface area contributed by atoms with Gasteiger partial charge in [0.15, 0.2) is 0 Å². The Bertz CT molecular complexity index is 143. The maximum absolute atomic E-state index is 5.80. The van der Waals surface area contributed by atoms with Gasteiger partial charge in [0.2, 0.25) is 0 Å². The number of rotatable bonds is 6. The Labute approximate surface area is 82.0 Å². The van der Waals surface area contributed by atoms with E-state index in [4.69, 9.17) is 4.74 Å². The second-order valence-electron chi connectivity index (χ2n) is 4.52. The third-order valence-corrected chi connectivity index (χ3v) is 3.04. The van der Waals surface area contributed by atoms with Crippen LogP contribution in [0.1, 0.15) is 33.6 Å². The first kappa shape index (κ1) is 11.0. The molecule has 1 fully saturated rings. The van der Waals surface area contributed by atoms with Crippen LogP contribution in [0.25, 0.3) is 0 Å². The van der Waals surface area contributed by atoms with Gasteiger partial charge in [-0.3, -0.25) is 0 Å². The van der Waals surface area contributed by atoms with Crippen LogP contribution in [0, 0.1) is 11.8 Å². The van der Waals surface area contributed by atoms with Crippen molar-refractivity contribution in [2.75, 3.05) is 13.7 Å². The van der Waals surface area contributed by atoms with Crippen molar-refractivity contribution in [3.05, 3.63) is 0 Å². The fraction of sp³-hybridized carbons (Fsp3) is 1.00. The third-order valence-electron chi connectivity index (χ3n) is 3.04. The van der Waals surface area contributed by atoms with Gasteiger partial charge in [-0.05, 0) is 38.6 Å². The van der Waals surface area contributed by atoms with Crippen LogP contribution in [-0.2, 0) is 4.74 Å². The number of ether oxygens (including phenoxy) is 1. The largest absolute Gasteiger partial charge is 0.377 e. The smallest absolute Gasteiger partial charge is 0.0625 e. The van der Waals surface area contributed by atoms with Gasteiger partial charge in [-0.1, -0.05) is 13.8 Å². The normalized spacial score (nSPS) is 21.9. The summed E-state index contributed by atoms with van der Waals surface area (Å²) in [4.78, 5) is 0. The summed E-state index contributed by atoms with van der Waals surface area (Å²) in [5, 5.41) is 3.33. The quantitative estimate of drug-likeness (QED) is 0.684. The molecular formula is C11H23NO. The summed E-state index contributed by atoms with van der Waals surface area (Å²) in [6.07, 6.45) is 3.14. The molecule has 13 heavy (non-hydrogen) atoms. The Balaban J connectivity index is 2.15. The minimum absolute atomic E-state index is 0.384. The molecule has 0 amide bonds. The molecular weight excluding hydrogens is 162 g/mol. The molecule has 0 aliphatic heterocycles. The van der Waals surface area contributed by atoms with Gasteiger partial charge in [-0.15, -0.1) is 0 Å². The zero-order valence-corrected chi connectivity index (χ0v) is 9.34. The van der Waals surface area contributed by atoms with E-state index in [0.717, 1.165) is 12.5 Å². The fourth-order valence-electron chi connectivity index (χ4n) is 1.40. The first-order valence-corrected chi connectivity index (χ1v) is 5.44. The molecule has 2 unspecified atom stereocenters. The molecule has 0 bridgehead atoms. The molecule has 0 spiro atoms. The molecule has 1 saturated carbocycles. The lowest BCUT2D eigenvalue weighted by Gasteiger charge is -2.21. The SMILES string of the molecule is CNC(COC(C)C(C)C)C1CC1. The van der Waals surface area contributed by atoms with Gasteiger partial charge < -0.3 is 10.1 Å². The van der Waals surface area contributed by atoms with Crippen LogP contribution in [0.3, 0.4) is 0 Å². The number of nitrogens with one attached hydrogen (secondary N) is 1. The highest BCUT2D eigenvalue weighted by atomic mass is 16.5. The molecule has 2 atom stereocenters. The summed E-state index contributed by atoms with van der Waals surface area (Å²) in [7, 11) is 2.03. The van der Waals surface area contributed by atoms with E-state index >= 15 is 0 Å². The summed E-state index contributed by atoms with van der Waals surface area (Å²) in [5.74, 6) is 1.50. The predicted octanol–water partition coefficient (Wildman–Crippen LogP) is 2.05. The van der Waals surface area contributed by atoms with Crippen molar-refractivity contribution >= 4 is 0 Å². The first-order chi connectivity index (χ1) is 6.15. The molecule has 1 aliphatic carbocycles. The van der Waals surface area contributed by atoms with Crippen molar-refractivity contribution in [2.24, 2.45) is 11.8 Å². The van der Waals surface area contributed by atoms with Gasteiger partial charge in [0, 0.05) is 6.04 Å². The van der Waals surface area contributed by atoms with Gasteiger partial charge >= 0.3 is 0 Å². The molecule has 0 heterocycles. The van der Waals surface area contributed by atoms with Crippen LogP contribution in [0.4, 0.5) is 0 Å². The van der Waals surface area contributed by atoms with Crippen LogP contribution in [-0.4, -0.2) is 25.8 Å². The predicted molar refractivity (Wildman–Crippen MR) is 55.8 cm³/mol. The Hall–Kier alpha value is -0.0800. The van der Waals surface area contributed by atoms with Crippen LogP contribution in [0.2, 0.25) is 0 Å². The van der Waals surface area contributed by atoms with E-state index in [9.17, 15) is 0 Å². The molecule has 2 heteroatoms. The maximum Gasteiger partial charge on any atom is 0.0625 e. The lowest BCUT2D eigenvalue weighted by molar-refractivity contribution is 0.0200. The molecule has 0 saturated heterocycles. The molecule has 0 aromatic carbocycles. The first-order valence-electron chi connectivity index (χ1n) is 5.44. The minimum atomic E-state index is 0.384. The summed E-state index contributed by atoms with van der Waals surface area (Å²) in [6, 6.07) is 0.584. The molecule has 78 valence electrons. The van der Waals surface area contributed by atoms with Crippen molar-refractivity contribution < 1.29 is 4.74 Å². The van der Waals surface area contributed by atoms with E-state index in [1.54, 1.807) is 0 Å². The highest BCUT2D eigenvalue weighted by Crippen LogP contribution is 2.32. The molecule has 2 nitrogen and oxygen atoms in total. The Morgan fingerprint density at radius 1 is 1.31 bits per heavy atom. The van der Waals surface area contributed by atoms with E-state index in [1.807, 2.05) is 7.05 Å². The average molecular weight is 185 g/mol. The van der Waals surface area contributed by atoms with Crippen LogP contribution < -0.4 is 5.32 Å². The third kappa shape index (κ3) is 3.65. The van der Waals surface area contributed by atoms with Crippen molar-refractivity contribution in [1.29, 1.82) is 0 Å². The van der Waals surface area contributed by atoms with E-state index < -0.39 is 0 Å². The molecule has 1 rings (SSSR count). The molecule has 1 aliphatic rings. The zero-order valence-electron chi connectivity index (χ0n) is 9.34. The lowest BCUT2D eigenvalue weighted by Crippen LogP contribution is -2.34. The number of likely N-dealkylation sites (N-methyl/N-ethyl adjacent to an activating group) is 1. The summed E-state index contributed by atoms with van der Waals surface area (Å²) in [5.41, 5.74) is 0. The van der Waals surface area contributed by atoms with Crippen molar-refractivity contribution in [1.82, 2.24) is 5.32 Å². The van der Waals surface area contributed by atoms with Crippen LogP contribution in [0.15, 0.2) is 0 Å². The maximum atomic E-state index is 5.80. The van der Waals surface area contributed by atoms with Crippen molar-refractivity contribution in [3.63, 3.8) is 0 Å². The topological polar surface area (TPSA) is 21.3 Å². The van der Waals surface area contributed by atoms with Gasteiger partial charge in [0.05, 0.1) is 12.7 Å². The molecule has 0 aromatic heterocycles. The van der Waals surface area contributed by atoms with Crippen molar-refractivity contribution in [3.8, 4) is 0 Å². The standard InChI is InChI=1S/C11H23NO/c1-8(2)9(3)13-7-11(12-4)10-5-6-10/h8-12H,5-7H2,1-4H3. The molecule has 0 aromatic rings. The Morgan fingerprint density at radius 3 is 2.31 bits per heavy atom. The van der Waals surface area contributed by atoms with E-state index in [-0.39, 0.29) is 0 Å². The van der Waals surface area contributed by atoms with E-state index in [0.29, 0.717) is 18.1 Å². The van der Waals surface area contributed by atoms with Gasteiger partial charge in [0.1, 0.15) is 0 Å². The second-order valence-corrected chi connectivity index (χ2v) is 4.52. The fourth-order valence-corrected chi connectivity index (χ4v) is 1.40. The van der Waals surface area contributed by atoms with Crippen molar-refractivity contribution in [2.45, 2.75) is 45.8 Å². The molecule has 1 N–H and O–H groups in total. The second kappa shape index (κ2) is 4.97. The van der Waals surface area contributed by atoms with E-state index in [1.165, 1.54) is 12.8 Å². The Kier molecular flexibility index (Phi) is 4.20. The monoisotopic (exact) mass is 185 g/mol. The van der Waals surface area contributed by atoms with E-state index in [2.05, 4.69) is 26.1 Å². The van der Waals surface area contributed by atoms with Gasteiger partial charge in [-0.25, -0.2) is 0 Å². The zero-order chi connectivity index (χ0) is 9.84. The number of hydrogen-bond acceptors (Lipinski definition) is 2. The lowest BCUT2D eigenvalue weighted by atomic mass is 10.1. The van der Waals surface area contributed by atoms with Crippen LogP contribution in [0.5, 0.6) is 0 Å².